The molecule has 4 heteroatoms. The average Bonchev–Trinajstić information content (AvgIpc) is 2.34. The molecule has 1 aliphatic rings. The second-order valence-corrected chi connectivity index (χ2v) is 4.89. The fourth-order valence-corrected chi connectivity index (χ4v) is 2.21. The van der Waals surface area contributed by atoms with Gasteiger partial charge in [0.2, 0.25) is 0 Å². The number of nitrogens with zero attached hydrogens (tertiary/aromatic N) is 1. The number of rotatable bonds is 2. The third-order valence-corrected chi connectivity index (χ3v) is 3.60. The van der Waals surface area contributed by atoms with Gasteiger partial charge in [-0.05, 0) is 24.8 Å². The van der Waals surface area contributed by atoms with Crippen molar-refractivity contribution in [2.24, 2.45) is 0 Å². The van der Waals surface area contributed by atoms with Gasteiger partial charge in [-0.15, -0.1) is 34.7 Å². The van der Waals surface area contributed by atoms with Gasteiger partial charge in [-0.3, -0.25) is 0 Å². The van der Waals surface area contributed by atoms with Crippen molar-refractivity contribution in [2.45, 2.75) is 6.92 Å². The molecule has 1 radical (unpaired) electrons. The van der Waals surface area contributed by atoms with Crippen molar-refractivity contribution in [1.29, 1.82) is 0 Å². The second-order valence-electron chi connectivity index (χ2n) is 3.72. The van der Waals surface area contributed by atoms with Gasteiger partial charge in [-0.2, -0.15) is 12.2 Å². The molecule has 2 nitrogen and oxygen atoms in total. The van der Waals surface area contributed by atoms with Crippen LogP contribution in [0.3, 0.4) is 0 Å². The van der Waals surface area contributed by atoms with Gasteiger partial charge in [-0.25, -0.2) is 0 Å². The van der Waals surface area contributed by atoms with E-state index in [1.807, 2.05) is 18.2 Å². The van der Waals surface area contributed by atoms with E-state index in [0.717, 1.165) is 27.1 Å². The molecule has 0 spiro atoms. The molecule has 0 saturated carbocycles. The molecule has 0 aromatic heterocycles. The Morgan fingerprint density at radius 3 is 2.50 bits per heavy atom. The molecule has 0 aliphatic carbocycles. The maximum absolute atomic E-state index is 9.30. The predicted octanol–water partition coefficient (Wildman–Crippen LogP) is 3.70. The van der Waals surface area contributed by atoms with Crippen molar-refractivity contribution in [2.75, 3.05) is 6.54 Å². The Morgan fingerprint density at radius 2 is 1.94 bits per heavy atom. The number of halogens is 1. The molecule has 1 N–H and O–H groups in total. The quantitative estimate of drug-likeness (QED) is 0.575. The van der Waals surface area contributed by atoms with Crippen LogP contribution in [0.1, 0.15) is 12.5 Å². The molecule has 1 aromatic carbocycles. The summed E-state index contributed by atoms with van der Waals surface area (Å²) in [5.74, 6) is 0.275. The molecule has 0 bridgehead atoms. The molecule has 91 valence electrons. The van der Waals surface area contributed by atoms with E-state index in [0.29, 0.717) is 0 Å². The summed E-state index contributed by atoms with van der Waals surface area (Å²) < 4.78 is 1.10. The Labute approximate surface area is 146 Å². The van der Waals surface area contributed by atoms with E-state index < -0.39 is 0 Å². The summed E-state index contributed by atoms with van der Waals surface area (Å²) >= 11 is 2.26. The van der Waals surface area contributed by atoms with Gasteiger partial charge in [0.1, 0.15) is 5.75 Å². The van der Waals surface area contributed by atoms with Crippen molar-refractivity contribution in [1.82, 2.24) is 4.90 Å². The molecule has 18 heavy (non-hydrogen) atoms. The number of phenolic OH excluding ortho intramolecular Hbond substituents is 1. The zero-order chi connectivity index (χ0) is 12.4. The zero-order valence-electron chi connectivity index (χ0n) is 10.2. The number of benzene rings is 1. The van der Waals surface area contributed by atoms with Crippen molar-refractivity contribution >= 4 is 28.3 Å². The first kappa shape index (κ1) is 15.9. The summed E-state index contributed by atoms with van der Waals surface area (Å²) in [6, 6.07) is 7.15. The van der Waals surface area contributed by atoms with Crippen LogP contribution < -0.4 is 0 Å². The molecule has 0 saturated heterocycles. The van der Waals surface area contributed by atoms with Gasteiger partial charge in [0.15, 0.2) is 0 Å². The van der Waals surface area contributed by atoms with Gasteiger partial charge < -0.3 is 10.0 Å². The van der Waals surface area contributed by atoms with Crippen LogP contribution in [0.5, 0.6) is 5.75 Å². The van der Waals surface area contributed by atoms with Crippen LogP contribution in [0.25, 0.3) is 5.70 Å². The van der Waals surface area contributed by atoms with Crippen LogP contribution in [0, 0.1) is 6.08 Å². The molecule has 2 rings (SSSR count). The Balaban J connectivity index is 0.00000162. The minimum Gasteiger partial charge on any atom is -0.508 e. The fourth-order valence-electron chi connectivity index (χ4n) is 1.76. The molecular weight excluding hydrogens is 414 g/mol. The van der Waals surface area contributed by atoms with E-state index >= 15 is 0 Å². The number of aromatic hydroxyl groups is 1. The average molecular weight is 427 g/mol. The smallest absolute Gasteiger partial charge is 0.113 e. The predicted molar refractivity (Wildman–Crippen MR) is 78.4 cm³/mol. The monoisotopic (exact) mass is 427 g/mol. The summed E-state index contributed by atoms with van der Waals surface area (Å²) in [5, 5.41) is 9.30. The first-order chi connectivity index (χ1) is 8.13. The van der Waals surface area contributed by atoms with Crippen molar-refractivity contribution < 1.29 is 37.8 Å². The summed E-state index contributed by atoms with van der Waals surface area (Å²) in [5.41, 5.74) is 3.03. The summed E-state index contributed by atoms with van der Waals surface area (Å²) in [4.78, 5) is 2.12. The van der Waals surface area contributed by atoms with Gasteiger partial charge in [0.25, 0.3) is 0 Å². The maximum Gasteiger partial charge on any atom is 0.113 e. The number of hydrogen-bond acceptors (Lipinski definition) is 2. The first-order valence-electron chi connectivity index (χ1n) is 5.39. The topological polar surface area (TPSA) is 23.5 Å². The molecule has 0 fully saturated rings. The SMILES string of the molecule is C=C1C(I)=C[C-]=C(c2ccc(O)cc2)N1CC.[Y]. The number of likely N-dealkylation sites (N-methyl/N-ethyl adjacent to an activating group) is 1. The molecule has 1 aliphatic heterocycles. The third kappa shape index (κ3) is 3.25. The third-order valence-electron chi connectivity index (χ3n) is 2.66. The van der Waals surface area contributed by atoms with E-state index in [1.54, 1.807) is 12.1 Å². The summed E-state index contributed by atoms with van der Waals surface area (Å²) in [6.45, 7) is 7.02. The van der Waals surface area contributed by atoms with E-state index in [9.17, 15) is 5.11 Å². The van der Waals surface area contributed by atoms with Crippen LogP contribution in [-0.2, 0) is 32.7 Å². The van der Waals surface area contributed by atoms with Crippen LogP contribution in [-0.4, -0.2) is 16.6 Å². The standard InChI is InChI=1S/C14H13INO.Y/c1-3-16-10(2)13(15)8-9-14(16)11-4-6-12(17)7-5-11;/h4-8,17H,2-3H2,1H3;/q-1;. The number of allylic oxidation sites excluding steroid dienone is 3. The molecule has 0 atom stereocenters. The van der Waals surface area contributed by atoms with Gasteiger partial charge >= 0.3 is 0 Å². The largest absolute Gasteiger partial charge is 0.508 e. The van der Waals surface area contributed by atoms with E-state index in [4.69, 9.17) is 0 Å². The minimum absolute atomic E-state index is 0. The Bertz CT molecular complexity index is 505. The minimum atomic E-state index is 0. The van der Waals surface area contributed by atoms with Crippen LogP contribution in [0.4, 0.5) is 0 Å². The van der Waals surface area contributed by atoms with Gasteiger partial charge in [0, 0.05) is 39.3 Å². The Hall–Kier alpha value is -0.126. The molecule has 0 unspecified atom stereocenters. The Morgan fingerprint density at radius 1 is 1.33 bits per heavy atom. The summed E-state index contributed by atoms with van der Waals surface area (Å²) in [6.07, 6.45) is 5.21. The fraction of sp³-hybridized carbons (Fsp3) is 0.143. The zero-order valence-corrected chi connectivity index (χ0v) is 15.1. The van der Waals surface area contributed by atoms with Crippen molar-refractivity contribution in [3.8, 4) is 5.75 Å². The van der Waals surface area contributed by atoms with Crippen molar-refractivity contribution in [3.63, 3.8) is 0 Å². The maximum atomic E-state index is 9.30. The molecule has 1 aromatic rings. The second kappa shape index (κ2) is 6.87. The normalized spacial score (nSPS) is 14.8. The van der Waals surface area contributed by atoms with Crippen LogP contribution in [0.15, 0.2) is 46.2 Å². The summed E-state index contributed by atoms with van der Waals surface area (Å²) in [7, 11) is 0. The molecule has 0 amide bonds. The first-order valence-corrected chi connectivity index (χ1v) is 6.46. The van der Waals surface area contributed by atoms with Crippen LogP contribution >= 0.6 is 22.6 Å². The molecule has 1 heterocycles. The van der Waals surface area contributed by atoms with E-state index in [-0.39, 0.29) is 38.5 Å². The number of hydrogen-bond donors (Lipinski definition) is 1. The van der Waals surface area contributed by atoms with Gasteiger partial charge in [0.05, 0.1) is 0 Å². The molecular formula is C14H13INOY-. The van der Waals surface area contributed by atoms with Crippen molar-refractivity contribution in [3.05, 3.63) is 57.8 Å². The Kier molecular flexibility index (Phi) is 6.08. The van der Waals surface area contributed by atoms with Crippen LogP contribution in [0.2, 0.25) is 0 Å². The number of phenols is 1. The van der Waals surface area contributed by atoms with Gasteiger partial charge in [-0.1, -0.05) is 21.4 Å². The van der Waals surface area contributed by atoms with E-state index in [2.05, 4.69) is 47.1 Å². The van der Waals surface area contributed by atoms with E-state index in [1.165, 1.54) is 0 Å².